The largest absolute Gasteiger partial charge is 0.448 e. The van der Waals surface area contributed by atoms with Crippen LogP contribution < -0.4 is 0 Å². The fraction of sp³-hybridized carbons (Fsp3) is 0.778. The fourth-order valence-electron chi connectivity index (χ4n) is 1.87. The summed E-state index contributed by atoms with van der Waals surface area (Å²) in [5.41, 5.74) is -1.55. The number of hydrogen-bond acceptors (Lipinski definition) is 6. The number of aliphatic hydroxyl groups is 2. The van der Waals surface area contributed by atoms with Crippen LogP contribution in [0.3, 0.4) is 0 Å². The molecule has 6 nitrogen and oxygen atoms in total. The quantitative estimate of drug-likeness (QED) is 0.558. The molecular formula is C9H16O6P2. The zero-order valence-corrected chi connectivity index (χ0v) is 11.6. The second-order valence-corrected chi connectivity index (χ2v) is 5.04. The van der Waals surface area contributed by atoms with Gasteiger partial charge in [-0.05, 0) is 13.3 Å². The highest BCUT2D eigenvalue weighted by atomic mass is 31.1. The van der Waals surface area contributed by atoms with Crippen molar-refractivity contribution in [3.63, 3.8) is 0 Å². The molecule has 0 aromatic heterocycles. The summed E-state index contributed by atoms with van der Waals surface area (Å²) < 4.78 is 9.72. The summed E-state index contributed by atoms with van der Waals surface area (Å²) in [6, 6.07) is 0. The third kappa shape index (κ3) is 2.94. The number of hydrogen-bond donors (Lipinski definition) is 2. The summed E-state index contributed by atoms with van der Waals surface area (Å²) in [6.07, 6.45) is -2.51. The Labute approximate surface area is 103 Å². The van der Waals surface area contributed by atoms with E-state index in [0.717, 1.165) is 0 Å². The molecule has 4 unspecified atom stereocenters. The Kier molecular flexibility index (Phi) is 5.26. The monoisotopic (exact) mass is 282 g/mol. The predicted octanol–water partition coefficient (Wildman–Crippen LogP) is 0.0214. The van der Waals surface area contributed by atoms with Gasteiger partial charge in [0, 0.05) is 12.8 Å². The van der Waals surface area contributed by atoms with Crippen molar-refractivity contribution in [3.05, 3.63) is 0 Å². The molecule has 98 valence electrons. The standard InChI is InChI=1S/C9H16O6P2/c1-16-14-7(12)9(8(13)15-17-2)3-5(10)6(11)4-9/h5-6,10-11,16-17H,3-4H2,1-2H3. The first-order valence-corrected chi connectivity index (χ1v) is 7.91. The van der Waals surface area contributed by atoms with Gasteiger partial charge in [0.1, 0.15) is 0 Å². The molecule has 0 saturated heterocycles. The minimum atomic E-state index is -1.55. The van der Waals surface area contributed by atoms with Crippen LogP contribution in [0.2, 0.25) is 0 Å². The van der Waals surface area contributed by atoms with E-state index in [-0.39, 0.29) is 30.5 Å². The van der Waals surface area contributed by atoms with Crippen LogP contribution >= 0.6 is 17.6 Å². The second kappa shape index (κ2) is 6.05. The van der Waals surface area contributed by atoms with Gasteiger partial charge in [0.2, 0.25) is 0 Å². The lowest BCUT2D eigenvalue weighted by Gasteiger charge is -2.23. The Morgan fingerprint density at radius 1 is 1.06 bits per heavy atom. The Balaban J connectivity index is 2.94. The SMILES string of the molecule is CPOC(=O)C1(C(=O)OPC)CC(O)C(O)C1. The molecule has 0 aliphatic heterocycles. The van der Waals surface area contributed by atoms with E-state index in [2.05, 4.69) is 0 Å². The first-order valence-electron chi connectivity index (χ1n) is 5.10. The van der Waals surface area contributed by atoms with Crippen LogP contribution in [-0.4, -0.2) is 47.7 Å². The summed E-state index contributed by atoms with van der Waals surface area (Å²) in [5, 5.41) is 19.0. The Morgan fingerprint density at radius 2 is 1.41 bits per heavy atom. The van der Waals surface area contributed by atoms with Crippen LogP contribution in [0.15, 0.2) is 0 Å². The third-order valence-corrected chi connectivity index (χ3v) is 3.51. The lowest BCUT2D eigenvalue weighted by molar-refractivity contribution is -0.160. The average molecular weight is 282 g/mol. The van der Waals surface area contributed by atoms with E-state index >= 15 is 0 Å². The molecule has 1 fully saturated rings. The van der Waals surface area contributed by atoms with Gasteiger partial charge in [-0.2, -0.15) is 0 Å². The molecule has 0 aromatic rings. The van der Waals surface area contributed by atoms with Crippen molar-refractivity contribution >= 4 is 29.6 Å². The number of carbonyl (C=O) groups is 2. The van der Waals surface area contributed by atoms with Crippen LogP contribution in [-0.2, 0) is 18.6 Å². The molecule has 0 spiro atoms. The maximum absolute atomic E-state index is 11.8. The van der Waals surface area contributed by atoms with Crippen LogP contribution in [0.5, 0.6) is 0 Å². The fourth-order valence-corrected chi connectivity index (χ4v) is 2.63. The van der Waals surface area contributed by atoms with Crippen molar-refractivity contribution in [1.29, 1.82) is 0 Å². The number of rotatable bonds is 4. The van der Waals surface area contributed by atoms with Crippen LogP contribution in [0.4, 0.5) is 0 Å². The highest BCUT2D eigenvalue weighted by molar-refractivity contribution is 7.32. The van der Waals surface area contributed by atoms with Crippen molar-refractivity contribution in [2.75, 3.05) is 13.3 Å². The van der Waals surface area contributed by atoms with Gasteiger partial charge in [0.05, 0.1) is 29.8 Å². The van der Waals surface area contributed by atoms with Gasteiger partial charge in [0.15, 0.2) is 5.41 Å². The summed E-state index contributed by atoms with van der Waals surface area (Å²) in [4.78, 5) is 23.7. The summed E-state index contributed by atoms with van der Waals surface area (Å²) in [6.45, 7) is 3.31. The smallest absolute Gasteiger partial charge is 0.326 e. The van der Waals surface area contributed by atoms with E-state index in [1.165, 1.54) is 0 Å². The van der Waals surface area contributed by atoms with E-state index in [1.807, 2.05) is 0 Å². The second-order valence-electron chi connectivity index (χ2n) is 3.81. The van der Waals surface area contributed by atoms with Crippen LogP contribution in [0.1, 0.15) is 12.8 Å². The maximum atomic E-state index is 11.8. The minimum Gasteiger partial charge on any atom is -0.448 e. The summed E-state index contributed by atoms with van der Waals surface area (Å²) >= 11 is 0. The topological polar surface area (TPSA) is 93.1 Å². The molecule has 1 rings (SSSR count). The van der Waals surface area contributed by atoms with Gasteiger partial charge in [-0.1, -0.05) is 0 Å². The number of carbonyl (C=O) groups excluding carboxylic acids is 2. The average Bonchev–Trinajstić information content (AvgIpc) is 2.57. The van der Waals surface area contributed by atoms with Crippen molar-refractivity contribution in [2.24, 2.45) is 5.41 Å². The van der Waals surface area contributed by atoms with E-state index in [9.17, 15) is 19.8 Å². The normalized spacial score (nSPS) is 33.6. The zero-order valence-electron chi connectivity index (χ0n) is 9.60. The van der Waals surface area contributed by atoms with Crippen LogP contribution in [0, 0.1) is 5.41 Å². The van der Waals surface area contributed by atoms with Crippen molar-refractivity contribution in [3.8, 4) is 0 Å². The molecule has 8 heteroatoms. The molecule has 0 heterocycles. The molecule has 0 amide bonds. The Bertz CT molecular complexity index is 278. The van der Waals surface area contributed by atoms with Gasteiger partial charge in [-0.15, -0.1) is 0 Å². The molecule has 0 bridgehead atoms. The maximum Gasteiger partial charge on any atom is 0.326 e. The third-order valence-electron chi connectivity index (χ3n) is 2.73. The van der Waals surface area contributed by atoms with E-state index in [4.69, 9.17) is 9.05 Å². The lowest BCUT2D eigenvalue weighted by Crippen LogP contribution is -2.38. The van der Waals surface area contributed by atoms with Crippen LogP contribution in [0.25, 0.3) is 0 Å². The van der Waals surface area contributed by atoms with E-state index in [0.29, 0.717) is 0 Å². The lowest BCUT2D eigenvalue weighted by atomic mass is 9.86. The summed E-state index contributed by atoms with van der Waals surface area (Å²) in [7, 11) is -0.187. The molecule has 0 aromatic carbocycles. The molecule has 1 saturated carbocycles. The molecule has 2 N–H and O–H groups in total. The molecule has 0 radical (unpaired) electrons. The van der Waals surface area contributed by atoms with Gasteiger partial charge in [-0.3, -0.25) is 9.59 Å². The highest BCUT2D eigenvalue weighted by Gasteiger charge is 2.57. The molecule has 17 heavy (non-hydrogen) atoms. The van der Waals surface area contributed by atoms with Crippen molar-refractivity contribution in [1.82, 2.24) is 0 Å². The van der Waals surface area contributed by atoms with Gasteiger partial charge in [-0.25, -0.2) is 0 Å². The summed E-state index contributed by atoms with van der Waals surface area (Å²) in [5.74, 6) is -1.45. The first kappa shape index (κ1) is 14.8. The Hall–Kier alpha value is -0.280. The molecule has 4 atom stereocenters. The first-order chi connectivity index (χ1) is 7.97. The zero-order chi connectivity index (χ0) is 13.1. The van der Waals surface area contributed by atoms with E-state index < -0.39 is 29.6 Å². The van der Waals surface area contributed by atoms with Gasteiger partial charge < -0.3 is 19.3 Å². The molecule has 1 aliphatic carbocycles. The predicted molar refractivity (Wildman–Crippen MR) is 64.3 cm³/mol. The van der Waals surface area contributed by atoms with E-state index in [1.54, 1.807) is 13.3 Å². The number of aliphatic hydroxyl groups excluding tert-OH is 2. The van der Waals surface area contributed by atoms with Gasteiger partial charge in [0.25, 0.3) is 0 Å². The molecule has 1 aliphatic rings. The Morgan fingerprint density at radius 3 is 1.71 bits per heavy atom. The molecular weight excluding hydrogens is 266 g/mol. The van der Waals surface area contributed by atoms with Crippen molar-refractivity contribution < 1.29 is 28.8 Å². The van der Waals surface area contributed by atoms with Gasteiger partial charge >= 0.3 is 11.9 Å². The van der Waals surface area contributed by atoms with Crippen molar-refractivity contribution in [2.45, 2.75) is 25.0 Å². The minimum absolute atomic E-state index is 0.0937. The highest BCUT2D eigenvalue weighted by Crippen LogP contribution is 2.43.